The smallest absolute Gasteiger partial charge is 0.315 e. The van der Waals surface area contributed by atoms with Gasteiger partial charge in [-0.05, 0) is 33.7 Å². The van der Waals surface area contributed by atoms with Crippen LogP contribution in [0.3, 0.4) is 0 Å². The Morgan fingerprint density at radius 2 is 1.05 bits per heavy atom. The van der Waals surface area contributed by atoms with E-state index >= 15 is 0 Å². The van der Waals surface area contributed by atoms with Gasteiger partial charge in [-0.25, -0.2) is 0 Å². The molecule has 0 saturated carbocycles. The Hall–Kier alpha value is -3.75. The highest BCUT2D eigenvalue weighted by Crippen LogP contribution is 2.53. The van der Waals surface area contributed by atoms with Crippen molar-refractivity contribution < 1.29 is 18.8 Å². The molecule has 1 unspecified atom stereocenters. The van der Waals surface area contributed by atoms with Crippen molar-refractivity contribution in [3.05, 3.63) is 108 Å². The van der Waals surface area contributed by atoms with Gasteiger partial charge < -0.3 is 20.8 Å². The van der Waals surface area contributed by atoms with Gasteiger partial charge in [-0.1, -0.05) is 133 Å². The highest BCUT2D eigenvalue weighted by atomic mass is 28.4. The van der Waals surface area contributed by atoms with Crippen molar-refractivity contribution in [2.45, 2.75) is 95.6 Å². The summed E-state index contributed by atoms with van der Waals surface area (Å²) in [7, 11) is -2.95. The standard InChI is InChI=1S/C36H49N3O4Si/c1-26(37)32(40)38-30(23-27-17-11-8-12-18-27)33(41)39-31(24-28-19-13-9-14-20-28)34(42)43-44(35(2,3)4,36(5,6)7)25-29-21-15-10-16-22-29/h8-22,26,30-31H,23-25,37H2,1-7H3,(H,38,40)(H,39,41)/t26-,30?,31-/m0/s1. The van der Waals surface area contributed by atoms with E-state index in [1.807, 2.05) is 78.9 Å². The summed E-state index contributed by atoms with van der Waals surface area (Å²) in [6.07, 6.45) is 0.490. The Morgan fingerprint density at radius 1 is 0.659 bits per heavy atom. The number of benzene rings is 3. The van der Waals surface area contributed by atoms with Crippen molar-refractivity contribution in [1.29, 1.82) is 0 Å². The number of nitrogens with two attached hydrogens (primary N) is 1. The first kappa shape index (κ1) is 34.7. The summed E-state index contributed by atoms with van der Waals surface area (Å²) in [4.78, 5) is 40.9. The van der Waals surface area contributed by atoms with Crippen LogP contribution in [0.1, 0.15) is 65.2 Å². The lowest BCUT2D eigenvalue weighted by atomic mass is 10.0. The zero-order valence-electron chi connectivity index (χ0n) is 27.2. The maximum Gasteiger partial charge on any atom is 0.315 e. The Morgan fingerprint density at radius 3 is 1.45 bits per heavy atom. The van der Waals surface area contributed by atoms with E-state index in [1.54, 1.807) is 6.92 Å². The molecular formula is C36H49N3O4Si. The second-order valence-corrected chi connectivity index (χ2v) is 18.9. The second kappa shape index (κ2) is 14.8. The van der Waals surface area contributed by atoms with Crippen molar-refractivity contribution >= 4 is 26.1 Å². The first-order valence-corrected chi connectivity index (χ1v) is 17.5. The molecule has 0 aliphatic carbocycles. The first-order valence-electron chi connectivity index (χ1n) is 15.3. The summed E-state index contributed by atoms with van der Waals surface area (Å²) < 4.78 is 6.80. The lowest BCUT2D eigenvalue weighted by molar-refractivity contribution is -0.141. The Bertz CT molecular complexity index is 1350. The molecule has 0 aromatic heterocycles. The molecule has 0 aliphatic rings. The number of hydrogen-bond donors (Lipinski definition) is 3. The molecular weight excluding hydrogens is 566 g/mol. The lowest BCUT2D eigenvalue weighted by Gasteiger charge is -2.50. The van der Waals surface area contributed by atoms with Crippen LogP contribution in [-0.4, -0.2) is 44.2 Å². The lowest BCUT2D eigenvalue weighted by Crippen LogP contribution is -2.61. The van der Waals surface area contributed by atoms with Crippen LogP contribution in [-0.2, 0) is 37.7 Å². The minimum absolute atomic E-state index is 0.245. The van der Waals surface area contributed by atoms with E-state index in [-0.39, 0.29) is 22.9 Å². The molecule has 0 saturated heterocycles. The van der Waals surface area contributed by atoms with Crippen LogP contribution in [0.5, 0.6) is 0 Å². The minimum atomic E-state index is -2.95. The Kier molecular flexibility index (Phi) is 11.7. The highest BCUT2D eigenvalue weighted by Gasteiger charge is 2.58. The number of carbonyl (C=O) groups is 3. The highest BCUT2D eigenvalue weighted by molar-refractivity contribution is 6.80. The van der Waals surface area contributed by atoms with E-state index in [2.05, 4.69) is 64.3 Å². The molecule has 0 bridgehead atoms. The van der Waals surface area contributed by atoms with Gasteiger partial charge in [0.25, 0.3) is 8.32 Å². The minimum Gasteiger partial charge on any atom is -0.516 e. The van der Waals surface area contributed by atoms with Crippen molar-refractivity contribution in [3.63, 3.8) is 0 Å². The quantitative estimate of drug-likeness (QED) is 0.228. The summed E-state index contributed by atoms with van der Waals surface area (Å²) >= 11 is 0. The molecule has 2 amide bonds. The van der Waals surface area contributed by atoms with Gasteiger partial charge in [-0.3, -0.25) is 14.4 Å². The number of nitrogens with one attached hydrogen (secondary N) is 2. The third kappa shape index (κ3) is 9.13. The van der Waals surface area contributed by atoms with Gasteiger partial charge in [0.05, 0.1) is 6.04 Å². The van der Waals surface area contributed by atoms with Gasteiger partial charge in [-0.15, -0.1) is 0 Å². The summed E-state index contributed by atoms with van der Waals surface area (Å²) in [5.74, 6) is -1.38. The molecule has 236 valence electrons. The topological polar surface area (TPSA) is 111 Å². The fraction of sp³-hybridized carbons (Fsp3) is 0.417. The number of carbonyl (C=O) groups excluding carboxylic acids is 3. The fourth-order valence-corrected chi connectivity index (χ4v) is 11.1. The van der Waals surface area contributed by atoms with E-state index in [0.717, 1.165) is 16.7 Å². The molecule has 0 heterocycles. The van der Waals surface area contributed by atoms with E-state index in [1.165, 1.54) is 0 Å². The maximum atomic E-state index is 14.4. The maximum absolute atomic E-state index is 14.4. The van der Waals surface area contributed by atoms with Crippen LogP contribution >= 0.6 is 0 Å². The first-order chi connectivity index (χ1) is 20.6. The molecule has 0 fully saturated rings. The largest absolute Gasteiger partial charge is 0.516 e. The van der Waals surface area contributed by atoms with E-state index in [0.29, 0.717) is 6.04 Å². The molecule has 3 atom stereocenters. The summed E-state index contributed by atoms with van der Waals surface area (Å²) in [6, 6.07) is 27.1. The monoisotopic (exact) mass is 615 g/mol. The molecule has 0 spiro atoms. The molecule has 3 rings (SSSR count). The van der Waals surface area contributed by atoms with Crippen LogP contribution in [0.15, 0.2) is 91.0 Å². The average molecular weight is 616 g/mol. The third-order valence-corrected chi connectivity index (χ3v) is 14.5. The fourth-order valence-electron chi connectivity index (χ4n) is 5.80. The average Bonchev–Trinajstić information content (AvgIpc) is 2.96. The molecule has 7 nitrogen and oxygen atoms in total. The molecule has 0 radical (unpaired) electrons. The van der Waals surface area contributed by atoms with Crippen LogP contribution < -0.4 is 16.4 Å². The van der Waals surface area contributed by atoms with E-state index < -0.39 is 44.2 Å². The van der Waals surface area contributed by atoms with Crippen molar-refractivity contribution in [1.82, 2.24) is 10.6 Å². The molecule has 44 heavy (non-hydrogen) atoms. The van der Waals surface area contributed by atoms with Gasteiger partial charge >= 0.3 is 5.97 Å². The summed E-state index contributed by atoms with van der Waals surface area (Å²) in [5.41, 5.74) is 8.70. The Labute approximate surface area is 264 Å². The normalized spacial score (nSPS) is 14.2. The molecule has 3 aromatic rings. The zero-order valence-corrected chi connectivity index (χ0v) is 28.2. The number of rotatable bonds is 12. The molecule has 4 N–H and O–H groups in total. The van der Waals surface area contributed by atoms with Crippen LogP contribution in [0.4, 0.5) is 0 Å². The van der Waals surface area contributed by atoms with Crippen LogP contribution in [0, 0.1) is 0 Å². The van der Waals surface area contributed by atoms with Gasteiger partial charge in [0, 0.05) is 18.9 Å². The van der Waals surface area contributed by atoms with E-state index in [9.17, 15) is 14.4 Å². The van der Waals surface area contributed by atoms with Crippen molar-refractivity contribution in [2.75, 3.05) is 0 Å². The third-order valence-electron chi connectivity index (χ3n) is 8.21. The van der Waals surface area contributed by atoms with Gasteiger partial charge in [0.15, 0.2) is 0 Å². The summed E-state index contributed by atoms with van der Waals surface area (Å²) in [5, 5.41) is 5.11. The number of hydrogen-bond acceptors (Lipinski definition) is 5. The SMILES string of the molecule is C[C@H](N)C(=O)NC(Cc1ccccc1)C(=O)N[C@@H](Cc1ccccc1)C(=O)O[Si](Cc1ccccc1)(C(C)(C)C)C(C)(C)C. The van der Waals surface area contributed by atoms with Gasteiger partial charge in [-0.2, -0.15) is 0 Å². The molecule has 0 aliphatic heterocycles. The van der Waals surface area contributed by atoms with Crippen LogP contribution in [0.2, 0.25) is 10.1 Å². The molecule has 8 heteroatoms. The molecule has 3 aromatic carbocycles. The predicted octanol–water partition coefficient (Wildman–Crippen LogP) is 5.66. The van der Waals surface area contributed by atoms with Crippen molar-refractivity contribution in [2.24, 2.45) is 5.73 Å². The number of amides is 2. The Balaban J connectivity index is 2.00. The zero-order chi connectivity index (χ0) is 32.5. The van der Waals surface area contributed by atoms with E-state index in [4.69, 9.17) is 10.2 Å². The van der Waals surface area contributed by atoms with Gasteiger partial charge in [0.1, 0.15) is 12.1 Å². The predicted molar refractivity (Wildman–Crippen MR) is 179 cm³/mol. The van der Waals surface area contributed by atoms with Gasteiger partial charge in [0.2, 0.25) is 11.8 Å². The summed E-state index contributed by atoms with van der Waals surface area (Å²) in [6.45, 7) is 14.4. The second-order valence-electron chi connectivity index (χ2n) is 13.7. The van der Waals surface area contributed by atoms with Crippen molar-refractivity contribution in [3.8, 4) is 0 Å². The van der Waals surface area contributed by atoms with Crippen LogP contribution in [0.25, 0.3) is 0 Å².